The lowest BCUT2D eigenvalue weighted by Gasteiger charge is -2.26. The maximum absolute atomic E-state index is 8.98. The Morgan fingerprint density at radius 3 is 3.00 bits per heavy atom. The summed E-state index contributed by atoms with van der Waals surface area (Å²) in [6.07, 6.45) is 3.36. The molecule has 0 spiro atoms. The van der Waals surface area contributed by atoms with Gasteiger partial charge in [0.05, 0.1) is 6.04 Å². The first kappa shape index (κ1) is 12.6. The minimum atomic E-state index is 0.230. The molecule has 0 fully saturated rings. The van der Waals surface area contributed by atoms with E-state index in [0.717, 1.165) is 25.0 Å². The fraction of sp³-hybridized carbons (Fsp3) is 0.312. The molecule has 1 aromatic carbocycles. The molecule has 3 rings (SSSR count). The summed E-state index contributed by atoms with van der Waals surface area (Å²) in [7, 11) is 0. The molecule has 0 aliphatic heterocycles. The zero-order chi connectivity index (χ0) is 13.9. The SMILES string of the molecule is Cc1cc(C#N)nc(NC2CCCc3ccccc32)n1. The minimum absolute atomic E-state index is 0.230. The summed E-state index contributed by atoms with van der Waals surface area (Å²) in [4.78, 5) is 8.61. The van der Waals surface area contributed by atoms with Crippen LogP contribution in [0.5, 0.6) is 0 Å². The predicted molar refractivity (Wildman–Crippen MR) is 77.2 cm³/mol. The van der Waals surface area contributed by atoms with E-state index in [1.807, 2.05) is 6.92 Å². The van der Waals surface area contributed by atoms with Gasteiger partial charge in [-0.2, -0.15) is 5.26 Å². The van der Waals surface area contributed by atoms with Crippen LogP contribution in [0.15, 0.2) is 30.3 Å². The molecule has 1 N–H and O–H groups in total. The van der Waals surface area contributed by atoms with Crippen LogP contribution in [0.4, 0.5) is 5.95 Å². The van der Waals surface area contributed by atoms with E-state index in [-0.39, 0.29) is 6.04 Å². The van der Waals surface area contributed by atoms with Gasteiger partial charge in [0.2, 0.25) is 5.95 Å². The van der Waals surface area contributed by atoms with Crippen LogP contribution in [-0.4, -0.2) is 9.97 Å². The molecule has 0 radical (unpaired) electrons. The first-order valence-corrected chi connectivity index (χ1v) is 6.86. The number of aromatic nitrogens is 2. The summed E-state index contributed by atoms with van der Waals surface area (Å²) in [5.74, 6) is 0.545. The van der Waals surface area contributed by atoms with E-state index in [2.05, 4.69) is 45.6 Å². The van der Waals surface area contributed by atoms with Crippen molar-refractivity contribution in [2.75, 3.05) is 5.32 Å². The summed E-state index contributed by atoms with van der Waals surface area (Å²) in [5.41, 5.74) is 3.93. The highest BCUT2D eigenvalue weighted by molar-refractivity contribution is 5.40. The van der Waals surface area contributed by atoms with Crippen molar-refractivity contribution in [2.24, 2.45) is 0 Å². The Kier molecular flexibility index (Phi) is 3.34. The highest BCUT2D eigenvalue weighted by Crippen LogP contribution is 2.31. The van der Waals surface area contributed by atoms with E-state index in [4.69, 9.17) is 5.26 Å². The van der Waals surface area contributed by atoms with Crippen molar-refractivity contribution in [1.29, 1.82) is 5.26 Å². The number of hydrogen-bond acceptors (Lipinski definition) is 4. The quantitative estimate of drug-likeness (QED) is 0.905. The summed E-state index contributed by atoms with van der Waals surface area (Å²) in [5, 5.41) is 12.4. The minimum Gasteiger partial charge on any atom is -0.347 e. The first-order chi connectivity index (χ1) is 9.76. The Morgan fingerprint density at radius 1 is 1.30 bits per heavy atom. The van der Waals surface area contributed by atoms with Gasteiger partial charge in [0.25, 0.3) is 0 Å². The second-order valence-electron chi connectivity index (χ2n) is 5.12. The summed E-state index contributed by atoms with van der Waals surface area (Å²) >= 11 is 0. The molecule has 2 aromatic rings. The van der Waals surface area contributed by atoms with Gasteiger partial charge in [-0.25, -0.2) is 9.97 Å². The van der Waals surface area contributed by atoms with Crippen LogP contribution in [0.2, 0.25) is 0 Å². The summed E-state index contributed by atoms with van der Waals surface area (Å²) in [6.45, 7) is 1.88. The molecule has 0 amide bonds. The topological polar surface area (TPSA) is 61.6 Å². The molecule has 0 bridgehead atoms. The van der Waals surface area contributed by atoms with Crippen LogP contribution < -0.4 is 5.32 Å². The fourth-order valence-corrected chi connectivity index (χ4v) is 2.75. The van der Waals surface area contributed by atoms with Gasteiger partial charge >= 0.3 is 0 Å². The highest BCUT2D eigenvalue weighted by atomic mass is 15.1. The molecule has 4 nitrogen and oxygen atoms in total. The molecule has 20 heavy (non-hydrogen) atoms. The van der Waals surface area contributed by atoms with E-state index in [1.54, 1.807) is 6.07 Å². The summed E-state index contributed by atoms with van der Waals surface area (Å²) < 4.78 is 0. The third kappa shape index (κ3) is 2.48. The Bertz CT molecular complexity index is 672. The largest absolute Gasteiger partial charge is 0.347 e. The molecule has 1 unspecified atom stereocenters. The second-order valence-corrected chi connectivity index (χ2v) is 5.12. The van der Waals surface area contributed by atoms with Crippen LogP contribution in [0.1, 0.15) is 41.4 Å². The van der Waals surface area contributed by atoms with Crippen molar-refractivity contribution in [3.05, 3.63) is 52.8 Å². The highest BCUT2D eigenvalue weighted by Gasteiger charge is 2.20. The lowest BCUT2D eigenvalue weighted by atomic mass is 9.88. The summed E-state index contributed by atoms with van der Waals surface area (Å²) in [6, 6.07) is 12.5. The maximum atomic E-state index is 8.98. The predicted octanol–water partition coefficient (Wildman–Crippen LogP) is 3.15. The molecule has 1 aromatic heterocycles. The van der Waals surface area contributed by atoms with Gasteiger partial charge < -0.3 is 5.32 Å². The molecule has 4 heteroatoms. The van der Waals surface area contributed by atoms with E-state index in [0.29, 0.717) is 11.6 Å². The van der Waals surface area contributed by atoms with Crippen LogP contribution in [-0.2, 0) is 6.42 Å². The Labute approximate surface area is 118 Å². The molecular weight excluding hydrogens is 248 g/mol. The van der Waals surface area contributed by atoms with Gasteiger partial charge in [-0.05, 0) is 43.4 Å². The second kappa shape index (κ2) is 5.30. The molecule has 0 saturated heterocycles. The first-order valence-electron chi connectivity index (χ1n) is 6.86. The Hall–Kier alpha value is -2.41. The normalized spacial score (nSPS) is 17.1. The maximum Gasteiger partial charge on any atom is 0.224 e. The van der Waals surface area contributed by atoms with Crippen LogP contribution in [0, 0.1) is 18.3 Å². The average molecular weight is 264 g/mol. The number of hydrogen-bond donors (Lipinski definition) is 1. The van der Waals surface area contributed by atoms with Crippen molar-refractivity contribution in [1.82, 2.24) is 9.97 Å². The monoisotopic (exact) mass is 264 g/mol. The van der Waals surface area contributed by atoms with Crippen molar-refractivity contribution in [2.45, 2.75) is 32.2 Å². The lowest BCUT2D eigenvalue weighted by Crippen LogP contribution is -2.19. The van der Waals surface area contributed by atoms with Gasteiger partial charge in [-0.3, -0.25) is 0 Å². The van der Waals surface area contributed by atoms with Crippen molar-refractivity contribution < 1.29 is 0 Å². The Morgan fingerprint density at radius 2 is 2.15 bits per heavy atom. The number of benzene rings is 1. The number of nitriles is 1. The number of fused-ring (bicyclic) bond motifs is 1. The smallest absolute Gasteiger partial charge is 0.224 e. The molecule has 1 atom stereocenters. The van der Waals surface area contributed by atoms with Crippen molar-refractivity contribution in [3.8, 4) is 6.07 Å². The van der Waals surface area contributed by atoms with E-state index >= 15 is 0 Å². The Balaban J connectivity index is 1.89. The van der Waals surface area contributed by atoms with Crippen LogP contribution in [0.25, 0.3) is 0 Å². The number of aryl methyl sites for hydroxylation is 2. The number of nitrogens with zero attached hydrogens (tertiary/aromatic N) is 3. The molecule has 1 aliphatic rings. The number of rotatable bonds is 2. The van der Waals surface area contributed by atoms with Gasteiger partial charge in [-0.1, -0.05) is 24.3 Å². The molecule has 0 saturated carbocycles. The van der Waals surface area contributed by atoms with Gasteiger partial charge in [0.1, 0.15) is 11.8 Å². The van der Waals surface area contributed by atoms with Crippen LogP contribution in [0.3, 0.4) is 0 Å². The third-order valence-electron chi connectivity index (χ3n) is 3.64. The zero-order valence-electron chi connectivity index (χ0n) is 11.4. The van der Waals surface area contributed by atoms with Crippen molar-refractivity contribution in [3.63, 3.8) is 0 Å². The van der Waals surface area contributed by atoms with Crippen molar-refractivity contribution >= 4 is 5.95 Å². The average Bonchev–Trinajstić information content (AvgIpc) is 2.47. The van der Waals surface area contributed by atoms with Gasteiger partial charge in [-0.15, -0.1) is 0 Å². The van der Waals surface area contributed by atoms with Crippen LogP contribution >= 0.6 is 0 Å². The molecule has 100 valence electrons. The molecule has 1 aliphatic carbocycles. The number of anilines is 1. The number of nitrogens with one attached hydrogen (secondary N) is 1. The van der Waals surface area contributed by atoms with E-state index in [9.17, 15) is 0 Å². The third-order valence-corrected chi connectivity index (χ3v) is 3.64. The molecule has 1 heterocycles. The zero-order valence-corrected chi connectivity index (χ0v) is 11.4. The van der Waals surface area contributed by atoms with Gasteiger partial charge in [0, 0.05) is 5.69 Å². The fourth-order valence-electron chi connectivity index (χ4n) is 2.75. The van der Waals surface area contributed by atoms with E-state index < -0.39 is 0 Å². The molecular formula is C16H16N4. The lowest BCUT2D eigenvalue weighted by molar-refractivity contribution is 0.596. The standard InChI is InChI=1S/C16H16N4/c1-11-9-13(10-17)19-16(18-11)20-15-8-4-6-12-5-2-3-7-14(12)15/h2-3,5,7,9,15H,4,6,8H2,1H3,(H,18,19,20). The van der Waals surface area contributed by atoms with E-state index in [1.165, 1.54) is 11.1 Å². The van der Waals surface area contributed by atoms with Gasteiger partial charge in [0.15, 0.2) is 0 Å².